The number of aromatic nitrogens is 1. The van der Waals surface area contributed by atoms with Crippen molar-refractivity contribution in [2.45, 2.75) is 25.9 Å². The van der Waals surface area contributed by atoms with Crippen LogP contribution in [0.5, 0.6) is 0 Å². The minimum absolute atomic E-state index is 0.460. The molecule has 1 aromatic rings. The fourth-order valence-corrected chi connectivity index (χ4v) is 1.93. The van der Waals surface area contributed by atoms with Crippen LogP contribution in [0, 0.1) is 5.41 Å². The van der Waals surface area contributed by atoms with Gasteiger partial charge in [-0.3, -0.25) is 4.98 Å². The average molecular weight is 221 g/mol. The van der Waals surface area contributed by atoms with Gasteiger partial charge in [-0.25, -0.2) is 4.39 Å². The van der Waals surface area contributed by atoms with Crippen molar-refractivity contribution in [2.24, 2.45) is 0 Å². The van der Waals surface area contributed by atoms with Gasteiger partial charge in [0.25, 0.3) is 0 Å². The Morgan fingerprint density at radius 2 is 2.19 bits per heavy atom. The summed E-state index contributed by atoms with van der Waals surface area (Å²) in [5, 5.41) is 7.54. The smallest absolute Gasteiger partial charge is 0.103 e. The highest BCUT2D eigenvalue weighted by atomic mass is 19.1. The van der Waals surface area contributed by atoms with Crippen molar-refractivity contribution >= 4 is 11.4 Å². The second kappa shape index (κ2) is 4.60. The van der Waals surface area contributed by atoms with E-state index >= 15 is 0 Å². The fourth-order valence-electron chi connectivity index (χ4n) is 1.93. The van der Waals surface area contributed by atoms with Crippen molar-refractivity contribution < 1.29 is 4.39 Å². The average Bonchev–Trinajstić information content (AvgIpc) is 2.30. The molecule has 2 heterocycles. The van der Waals surface area contributed by atoms with Crippen LogP contribution in [0.2, 0.25) is 0 Å². The summed E-state index contributed by atoms with van der Waals surface area (Å²) in [6.45, 7) is 3.23. The highest BCUT2D eigenvalue weighted by molar-refractivity contribution is 5.95. The maximum Gasteiger partial charge on any atom is 0.103 e. The molecule has 3 nitrogen and oxygen atoms in total. The summed E-state index contributed by atoms with van der Waals surface area (Å²) in [4.78, 5) is 6.28. The van der Waals surface area contributed by atoms with Gasteiger partial charge < -0.3 is 10.3 Å². The predicted octanol–water partition coefficient (Wildman–Crippen LogP) is 2.41. The Kier molecular flexibility index (Phi) is 3.17. The molecule has 86 valence electrons. The summed E-state index contributed by atoms with van der Waals surface area (Å²) < 4.78 is 13.0. The number of hydrogen-bond donors (Lipinski definition) is 1. The second-order valence-corrected chi connectivity index (χ2v) is 4.19. The third-order valence-corrected chi connectivity index (χ3v) is 2.92. The molecule has 1 fully saturated rings. The zero-order valence-electron chi connectivity index (χ0n) is 9.41. The lowest BCUT2D eigenvalue weighted by Gasteiger charge is -2.30. The number of rotatable bonds is 2. The highest BCUT2D eigenvalue weighted by Crippen LogP contribution is 2.21. The standard InChI is InChI=1S/C12H16FN3/c1-9(14)12-8-11(2-5-15-12)16-6-3-10(13)4-7-16/h2,5,8,10,14H,3-4,6-7H2,1H3. The fraction of sp³-hybridized carbons (Fsp3) is 0.500. The van der Waals surface area contributed by atoms with Gasteiger partial charge in [-0.1, -0.05) is 0 Å². The molecule has 0 spiro atoms. The van der Waals surface area contributed by atoms with Gasteiger partial charge >= 0.3 is 0 Å². The molecule has 0 aromatic carbocycles. The third-order valence-electron chi connectivity index (χ3n) is 2.92. The number of pyridine rings is 1. The molecule has 1 aromatic heterocycles. The Morgan fingerprint density at radius 3 is 2.81 bits per heavy atom. The van der Waals surface area contributed by atoms with Crippen LogP contribution in [0.1, 0.15) is 25.5 Å². The maximum atomic E-state index is 13.0. The number of halogens is 1. The Bertz CT molecular complexity index is 384. The van der Waals surface area contributed by atoms with E-state index < -0.39 is 6.17 Å². The topological polar surface area (TPSA) is 40.0 Å². The van der Waals surface area contributed by atoms with E-state index in [1.54, 1.807) is 13.1 Å². The van der Waals surface area contributed by atoms with Crippen molar-refractivity contribution in [3.05, 3.63) is 24.0 Å². The first-order valence-electron chi connectivity index (χ1n) is 5.57. The summed E-state index contributed by atoms with van der Waals surface area (Å²) in [6, 6.07) is 3.83. The normalized spacial score (nSPS) is 17.5. The lowest BCUT2D eigenvalue weighted by Crippen LogP contribution is -2.34. The van der Waals surface area contributed by atoms with Crippen molar-refractivity contribution in [3.63, 3.8) is 0 Å². The van der Waals surface area contributed by atoms with Gasteiger partial charge in [-0.15, -0.1) is 0 Å². The van der Waals surface area contributed by atoms with Crippen LogP contribution in [0.3, 0.4) is 0 Å². The van der Waals surface area contributed by atoms with Gasteiger partial charge in [0.05, 0.1) is 11.4 Å². The molecule has 1 aliphatic heterocycles. The zero-order valence-corrected chi connectivity index (χ0v) is 9.41. The van der Waals surface area contributed by atoms with Crippen LogP contribution in [0.25, 0.3) is 0 Å². The number of hydrogen-bond acceptors (Lipinski definition) is 3. The molecule has 0 bridgehead atoms. The van der Waals surface area contributed by atoms with E-state index in [0.717, 1.165) is 18.8 Å². The van der Waals surface area contributed by atoms with Crippen molar-refractivity contribution in [3.8, 4) is 0 Å². The minimum Gasteiger partial charge on any atom is -0.371 e. The van der Waals surface area contributed by atoms with Gasteiger partial charge in [0, 0.05) is 25.0 Å². The first kappa shape index (κ1) is 11.0. The van der Waals surface area contributed by atoms with Crippen LogP contribution < -0.4 is 4.90 Å². The highest BCUT2D eigenvalue weighted by Gasteiger charge is 2.18. The SMILES string of the molecule is CC(=N)c1cc(N2CCC(F)CC2)ccn1. The molecule has 2 rings (SSSR count). The molecule has 1 aliphatic rings. The maximum absolute atomic E-state index is 13.0. The van der Waals surface area contributed by atoms with Crippen LogP contribution in [-0.4, -0.2) is 30.0 Å². The summed E-state index contributed by atoms with van der Waals surface area (Å²) in [5.74, 6) is 0. The van der Waals surface area contributed by atoms with Crippen LogP contribution in [0.15, 0.2) is 18.3 Å². The van der Waals surface area contributed by atoms with E-state index in [9.17, 15) is 4.39 Å². The minimum atomic E-state index is -0.651. The lowest BCUT2D eigenvalue weighted by molar-refractivity contribution is 0.277. The van der Waals surface area contributed by atoms with Gasteiger partial charge in [0.2, 0.25) is 0 Å². The molecule has 0 radical (unpaired) electrons. The molecule has 0 atom stereocenters. The van der Waals surface area contributed by atoms with Crippen LogP contribution >= 0.6 is 0 Å². The largest absolute Gasteiger partial charge is 0.371 e. The zero-order chi connectivity index (χ0) is 11.5. The third kappa shape index (κ3) is 2.38. The van der Waals surface area contributed by atoms with Crippen LogP contribution in [-0.2, 0) is 0 Å². The van der Waals surface area contributed by atoms with E-state index in [1.165, 1.54) is 0 Å². The molecule has 0 saturated carbocycles. The molecule has 0 aliphatic carbocycles. The molecule has 4 heteroatoms. The quantitative estimate of drug-likeness (QED) is 0.779. The number of piperidine rings is 1. The summed E-state index contributed by atoms with van der Waals surface area (Å²) >= 11 is 0. The summed E-state index contributed by atoms with van der Waals surface area (Å²) in [7, 11) is 0. The Labute approximate surface area is 94.8 Å². The lowest BCUT2D eigenvalue weighted by atomic mass is 10.1. The number of nitrogens with zero attached hydrogens (tertiary/aromatic N) is 2. The Hall–Kier alpha value is -1.45. The Morgan fingerprint density at radius 1 is 1.50 bits per heavy atom. The molecule has 1 saturated heterocycles. The Balaban J connectivity index is 2.14. The van der Waals surface area contributed by atoms with E-state index in [4.69, 9.17) is 5.41 Å². The number of alkyl halides is 1. The predicted molar refractivity (Wildman–Crippen MR) is 63.1 cm³/mol. The first-order valence-corrected chi connectivity index (χ1v) is 5.57. The number of anilines is 1. The van der Waals surface area contributed by atoms with Crippen LogP contribution in [0.4, 0.5) is 10.1 Å². The molecule has 1 N–H and O–H groups in total. The summed E-state index contributed by atoms with van der Waals surface area (Å²) in [5.41, 5.74) is 2.20. The van der Waals surface area contributed by atoms with E-state index in [0.29, 0.717) is 24.2 Å². The monoisotopic (exact) mass is 221 g/mol. The molecule has 0 amide bonds. The van der Waals surface area contributed by atoms with Gasteiger partial charge in [0.15, 0.2) is 0 Å². The molecule has 0 unspecified atom stereocenters. The second-order valence-electron chi connectivity index (χ2n) is 4.19. The van der Waals surface area contributed by atoms with E-state index in [1.807, 2.05) is 12.1 Å². The van der Waals surface area contributed by atoms with Gasteiger partial charge in [-0.05, 0) is 31.9 Å². The van der Waals surface area contributed by atoms with E-state index in [2.05, 4.69) is 9.88 Å². The number of nitrogens with one attached hydrogen (secondary N) is 1. The van der Waals surface area contributed by atoms with Crippen molar-refractivity contribution in [2.75, 3.05) is 18.0 Å². The summed E-state index contributed by atoms with van der Waals surface area (Å²) in [6.07, 6.45) is 2.26. The first-order chi connectivity index (χ1) is 7.66. The van der Waals surface area contributed by atoms with Crippen molar-refractivity contribution in [1.82, 2.24) is 4.98 Å². The molecule has 16 heavy (non-hydrogen) atoms. The molecular weight excluding hydrogens is 205 g/mol. The van der Waals surface area contributed by atoms with Gasteiger partial charge in [-0.2, -0.15) is 0 Å². The van der Waals surface area contributed by atoms with Gasteiger partial charge in [0.1, 0.15) is 6.17 Å². The molecular formula is C12H16FN3. The van der Waals surface area contributed by atoms with Crippen molar-refractivity contribution in [1.29, 1.82) is 5.41 Å². The van der Waals surface area contributed by atoms with E-state index in [-0.39, 0.29) is 0 Å².